The minimum absolute atomic E-state index is 0.0419. The lowest BCUT2D eigenvalue weighted by Crippen LogP contribution is -2.50. The number of hydrogen-bond acceptors (Lipinski definition) is 6. The summed E-state index contributed by atoms with van der Waals surface area (Å²) in [6, 6.07) is 24.3. The number of carbonyl (C=O) groups is 2. The second-order valence-electron chi connectivity index (χ2n) is 12.0. The second kappa shape index (κ2) is 14.8. The van der Waals surface area contributed by atoms with Crippen molar-refractivity contribution in [1.82, 2.24) is 15.1 Å². The normalized spacial score (nSPS) is 22.5. The zero-order valence-electron chi connectivity index (χ0n) is 26.0. The number of aliphatic hydroxyl groups is 1. The van der Waals surface area contributed by atoms with E-state index in [1.807, 2.05) is 66.7 Å². The lowest BCUT2D eigenvalue weighted by atomic mass is 9.99. The van der Waals surface area contributed by atoms with Crippen molar-refractivity contribution >= 4 is 11.8 Å². The van der Waals surface area contributed by atoms with E-state index in [4.69, 9.17) is 9.47 Å². The van der Waals surface area contributed by atoms with Crippen LogP contribution in [0, 0.1) is 0 Å². The lowest BCUT2D eigenvalue weighted by Gasteiger charge is -2.39. The van der Waals surface area contributed by atoms with Crippen molar-refractivity contribution in [3.8, 4) is 0 Å². The van der Waals surface area contributed by atoms with Gasteiger partial charge in [0.05, 0.1) is 18.8 Å². The lowest BCUT2D eigenvalue weighted by molar-refractivity contribution is -0.253. The summed E-state index contributed by atoms with van der Waals surface area (Å²) in [6.07, 6.45) is -4.91. The molecule has 0 unspecified atom stereocenters. The molecule has 2 amide bonds. The van der Waals surface area contributed by atoms with E-state index in [0.717, 1.165) is 22.3 Å². The number of likely N-dealkylation sites (tertiary alicyclic amines) is 1. The van der Waals surface area contributed by atoms with Gasteiger partial charge in [0, 0.05) is 37.7 Å². The number of hydrogen-bond donors (Lipinski definition) is 2. The van der Waals surface area contributed by atoms with E-state index in [1.165, 1.54) is 5.56 Å². The maximum absolute atomic E-state index is 13.0. The molecule has 0 saturated carbocycles. The second-order valence-corrected chi connectivity index (χ2v) is 12.0. The number of likely N-dealkylation sites (N-methyl/N-ethyl adjacent to an activating group) is 1. The number of amides is 2. The number of aliphatic hydroxyl groups excluding tert-OH is 1. The Balaban J connectivity index is 1.25. The summed E-state index contributed by atoms with van der Waals surface area (Å²) >= 11 is 0. The van der Waals surface area contributed by atoms with Crippen LogP contribution in [0.25, 0.3) is 0 Å². The summed E-state index contributed by atoms with van der Waals surface area (Å²) in [5.74, 6) is -2.59. The first-order valence-corrected chi connectivity index (χ1v) is 15.5. The minimum atomic E-state index is -5.02. The minimum Gasteiger partial charge on any atom is -0.392 e. The average Bonchev–Trinajstić information content (AvgIpc) is 3.56. The molecule has 5 rings (SSSR count). The highest BCUT2D eigenvalue weighted by molar-refractivity contribution is 5.90. The SMILES string of the molecule is C[C@@H](c1ccccc1)N(C)C[C@@H]1C[C@H](c2ccc(CO)cc2)O[C@H](c2ccc(CNC(=O)[C@@H]3CCCN3C(=O)C(F)(F)F)cc2)O1. The molecule has 0 spiro atoms. The maximum Gasteiger partial charge on any atom is 0.471 e. The standard InChI is InChI=1S/C35H40F3N3O5/c1-23(26-7-4-3-5-8-26)40(2)21-29-19-31(27-14-12-25(22-42)13-15-27)46-33(45-29)28-16-10-24(11-17-28)20-39-32(43)30-9-6-18-41(30)34(44)35(36,37)38/h3-5,7-8,10-17,23,29-31,33,42H,6,9,18-22H2,1-2H3,(H,39,43)/t23-,29-,30-,31+,33+/m0/s1. The van der Waals surface area contributed by atoms with Gasteiger partial charge >= 0.3 is 12.1 Å². The summed E-state index contributed by atoms with van der Waals surface area (Å²) < 4.78 is 51.8. The van der Waals surface area contributed by atoms with E-state index in [0.29, 0.717) is 24.3 Å². The van der Waals surface area contributed by atoms with Crippen molar-refractivity contribution in [1.29, 1.82) is 0 Å². The van der Waals surface area contributed by atoms with E-state index >= 15 is 0 Å². The van der Waals surface area contributed by atoms with Gasteiger partial charge in [-0.3, -0.25) is 14.5 Å². The molecule has 2 aliphatic rings. The van der Waals surface area contributed by atoms with Gasteiger partial charge in [-0.2, -0.15) is 13.2 Å². The highest BCUT2D eigenvalue weighted by atomic mass is 19.4. The molecule has 2 fully saturated rings. The molecule has 0 radical (unpaired) electrons. The van der Waals surface area contributed by atoms with Crippen molar-refractivity contribution in [2.24, 2.45) is 0 Å². The van der Waals surface area contributed by atoms with Crippen LogP contribution in [0.5, 0.6) is 0 Å². The highest BCUT2D eigenvalue weighted by Crippen LogP contribution is 2.38. The van der Waals surface area contributed by atoms with Gasteiger partial charge in [-0.25, -0.2) is 0 Å². The zero-order chi connectivity index (χ0) is 32.8. The van der Waals surface area contributed by atoms with E-state index in [-0.39, 0.29) is 44.4 Å². The largest absolute Gasteiger partial charge is 0.471 e. The third-order valence-corrected chi connectivity index (χ3v) is 8.83. The van der Waals surface area contributed by atoms with Crippen LogP contribution in [0.15, 0.2) is 78.9 Å². The molecule has 3 aromatic rings. The van der Waals surface area contributed by atoms with E-state index in [2.05, 4.69) is 36.3 Å². The molecule has 3 aromatic carbocycles. The maximum atomic E-state index is 13.0. The Morgan fingerprint density at radius 3 is 2.28 bits per heavy atom. The molecule has 246 valence electrons. The van der Waals surface area contributed by atoms with Gasteiger partial charge in [0.2, 0.25) is 5.91 Å². The molecule has 2 saturated heterocycles. The Kier molecular flexibility index (Phi) is 10.8. The summed E-state index contributed by atoms with van der Waals surface area (Å²) in [5, 5.41) is 12.2. The molecule has 8 nitrogen and oxygen atoms in total. The molecule has 0 bridgehead atoms. The number of rotatable bonds is 10. The molecule has 5 atom stereocenters. The van der Waals surface area contributed by atoms with Gasteiger partial charge in [-0.15, -0.1) is 0 Å². The van der Waals surface area contributed by atoms with E-state index in [1.54, 1.807) is 0 Å². The molecule has 0 aromatic heterocycles. The first-order chi connectivity index (χ1) is 22.0. The van der Waals surface area contributed by atoms with Crippen molar-refractivity contribution in [2.45, 2.75) is 76.1 Å². The van der Waals surface area contributed by atoms with Crippen LogP contribution in [0.1, 0.15) is 72.4 Å². The van der Waals surface area contributed by atoms with Crippen molar-refractivity contribution < 1.29 is 37.3 Å². The topological polar surface area (TPSA) is 91.3 Å². The Bertz CT molecular complexity index is 1450. The third-order valence-electron chi connectivity index (χ3n) is 8.83. The van der Waals surface area contributed by atoms with E-state index < -0.39 is 30.3 Å². The monoisotopic (exact) mass is 639 g/mol. The van der Waals surface area contributed by atoms with Crippen molar-refractivity contribution in [3.63, 3.8) is 0 Å². The number of ether oxygens (including phenoxy) is 2. The summed E-state index contributed by atoms with van der Waals surface area (Å²) in [7, 11) is 2.07. The van der Waals surface area contributed by atoms with Gasteiger partial charge in [-0.05, 0) is 49.1 Å². The van der Waals surface area contributed by atoms with Crippen LogP contribution in [-0.4, -0.2) is 65.2 Å². The van der Waals surface area contributed by atoms with Crippen LogP contribution in [0.2, 0.25) is 0 Å². The number of benzene rings is 3. The number of carbonyl (C=O) groups excluding carboxylic acids is 2. The number of halogens is 3. The zero-order valence-corrected chi connectivity index (χ0v) is 26.0. The Morgan fingerprint density at radius 2 is 1.63 bits per heavy atom. The van der Waals surface area contributed by atoms with Gasteiger partial charge in [0.25, 0.3) is 0 Å². The van der Waals surface area contributed by atoms with Crippen LogP contribution in [0.4, 0.5) is 13.2 Å². The van der Waals surface area contributed by atoms with Crippen molar-refractivity contribution in [3.05, 3.63) is 107 Å². The fourth-order valence-corrected chi connectivity index (χ4v) is 6.04. The smallest absolute Gasteiger partial charge is 0.392 e. The first-order valence-electron chi connectivity index (χ1n) is 15.5. The molecular formula is C35H40F3N3O5. The fourth-order valence-electron chi connectivity index (χ4n) is 6.04. The number of nitrogens with one attached hydrogen (secondary N) is 1. The summed E-state index contributed by atoms with van der Waals surface area (Å²) in [4.78, 5) is 27.3. The van der Waals surface area contributed by atoms with Crippen LogP contribution >= 0.6 is 0 Å². The van der Waals surface area contributed by atoms with Crippen molar-refractivity contribution in [2.75, 3.05) is 20.1 Å². The van der Waals surface area contributed by atoms with Crippen LogP contribution in [0.3, 0.4) is 0 Å². The molecule has 2 heterocycles. The average molecular weight is 640 g/mol. The molecule has 2 aliphatic heterocycles. The molecule has 0 aliphatic carbocycles. The molecular weight excluding hydrogens is 599 g/mol. The van der Waals surface area contributed by atoms with Gasteiger partial charge in [0.1, 0.15) is 6.04 Å². The van der Waals surface area contributed by atoms with Gasteiger partial charge in [0.15, 0.2) is 6.29 Å². The number of nitrogens with zero attached hydrogens (tertiary/aromatic N) is 2. The predicted molar refractivity (Wildman–Crippen MR) is 165 cm³/mol. The first kappa shape index (κ1) is 33.6. The number of alkyl halides is 3. The van der Waals surface area contributed by atoms with Crippen LogP contribution in [-0.2, 0) is 32.2 Å². The summed E-state index contributed by atoms with van der Waals surface area (Å²) in [5.41, 5.74) is 4.53. The Hall–Kier alpha value is -3.77. The predicted octanol–water partition coefficient (Wildman–Crippen LogP) is 5.59. The summed E-state index contributed by atoms with van der Waals surface area (Å²) in [6.45, 7) is 2.79. The van der Waals surface area contributed by atoms with Gasteiger partial charge in [-0.1, -0.05) is 78.9 Å². The highest BCUT2D eigenvalue weighted by Gasteiger charge is 2.47. The Morgan fingerprint density at radius 1 is 0.978 bits per heavy atom. The fraction of sp³-hybridized carbons (Fsp3) is 0.429. The Labute approximate surface area is 267 Å². The molecule has 11 heteroatoms. The quantitative estimate of drug-likeness (QED) is 0.301. The molecule has 46 heavy (non-hydrogen) atoms. The molecule has 2 N–H and O–H groups in total. The van der Waals surface area contributed by atoms with Gasteiger partial charge < -0.3 is 24.8 Å². The van der Waals surface area contributed by atoms with E-state index in [9.17, 15) is 27.9 Å². The van der Waals surface area contributed by atoms with Crippen LogP contribution < -0.4 is 5.32 Å². The third kappa shape index (κ3) is 8.14.